The lowest BCUT2D eigenvalue weighted by Crippen LogP contribution is -2.36. The van der Waals surface area contributed by atoms with Gasteiger partial charge in [-0.1, -0.05) is 0 Å². The highest BCUT2D eigenvalue weighted by atomic mass is 16.3. The van der Waals surface area contributed by atoms with E-state index in [1.54, 1.807) is 0 Å². The summed E-state index contributed by atoms with van der Waals surface area (Å²) in [5.74, 6) is 0. The number of hydrogen-bond acceptors (Lipinski definition) is 3. The Hall–Kier alpha value is -0.870. The molecule has 90 valence electrons. The summed E-state index contributed by atoms with van der Waals surface area (Å²) < 4.78 is 1.96. The molecule has 2 N–H and O–H groups in total. The van der Waals surface area contributed by atoms with Crippen LogP contribution in [0.25, 0.3) is 0 Å². The largest absolute Gasteiger partial charge is 0.394 e. The van der Waals surface area contributed by atoms with Crippen molar-refractivity contribution in [3.05, 3.63) is 18.0 Å². The second kappa shape index (κ2) is 4.18. The zero-order chi connectivity index (χ0) is 11.8. The van der Waals surface area contributed by atoms with Gasteiger partial charge in [-0.3, -0.25) is 4.68 Å². The molecule has 0 aromatic carbocycles. The highest BCUT2D eigenvalue weighted by molar-refractivity contribution is 5.13. The summed E-state index contributed by atoms with van der Waals surface area (Å²) in [6.07, 6.45) is 6.14. The Balaban J connectivity index is 2.00. The fourth-order valence-corrected chi connectivity index (χ4v) is 1.90. The molecular formula is C12H21N3O. The highest BCUT2D eigenvalue weighted by Crippen LogP contribution is 2.37. The average molecular weight is 223 g/mol. The summed E-state index contributed by atoms with van der Waals surface area (Å²) in [5, 5.41) is 17.1. The van der Waals surface area contributed by atoms with Crippen molar-refractivity contribution in [2.24, 2.45) is 0 Å². The van der Waals surface area contributed by atoms with Gasteiger partial charge >= 0.3 is 0 Å². The molecule has 1 aromatic heterocycles. The molecule has 2 rings (SSSR count). The Morgan fingerprint density at radius 1 is 1.50 bits per heavy atom. The van der Waals surface area contributed by atoms with Crippen molar-refractivity contribution in [2.75, 3.05) is 6.61 Å². The summed E-state index contributed by atoms with van der Waals surface area (Å²) in [6.45, 7) is 6.59. The lowest BCUT2D eigenvalue weighted by molar-refractivity contribution is 0.221. The summed E-state index contributed by atoms with van der Waals surface area (Å²) in [4.78, 5) is 0. The summed E-state index contributed by atoms with van der Waals surface area (Å²) >= 11 is 0. The van der Waals surface area contributed by atoms with E-state index >= 15 is 0 Å². The van der Waals surface area contributed by atoms with Gasteiger partial charge in [0.25, 0.3) is 0 Å². The van der Waals surface area contributed by atoms with Crippen LogP contribution in [0.1, 0.15) is 51.3 Å². The van der Waals surface area contributed by atoms with Crippen molar-refractivity contribution >= 4 is 0 Å². The zero-order valence-corrected chi connectivity index (χ0v) is 10.3. The third-order valence-corrected chi connectivity index (χ3v) is 3.33. The van der Waals surface area contributed by atoms with E-state index in [9.17, 15) is 5.11 Å². The first-order chi connectivity index (χ1) is 7.56. The molecule has 1 aromatic rings. The Bertz CT molecular complexity index is 355. The summed E-state index contributed by atoms with van der Waals surface area (Å²) in [6, 6.07) is 0.649. The van der Waals surface area contributed by atoms with Crippen LogP contribution in [-0.2, 0) is 0 Å². The van der Waals surface area contributed by atoms with E-state index in [1.807, 2.05) is 10.9 Å². The lowest BCUT2D eigenvalue weighted by atomic mass is 10.1. The van der Waals surface area contributed by atoms with Crippen LogP contribution in [-0.4, -0.2) is 27.0 Å². The van der Waals surface area contributed by atoms with Gasteiger partial charge in [0.2, 0.25) is 0 Å². The van der Waals surface area contributed by atoms with E-state index in [1.165, 1.54) is 5.56 Å². The first-order valence-corrected chi connectivity index (χ1v) is 5.99. The maximum atomic E-state index is 9.26. The van der Waals surface area contributed by atoms with Gasteiger partial charge in [0, 0.05) is 29.4 Å². The monoisotopic (exact) mass is 223 g/mol. The van der Waals surface area contributed by atoms with Crippen molar-refractivity contribution in [3.8, 4) is 0 Å². The standard InChI is InChI=1S/C12H21N3O/c1-9(2)15-7-11(6-13-15)10(3)14-12(8-16)4-5-12/h6-7,9-10,14,16H,4-5,8H2,1-3H3. The minimum absolute atomic E-state index is 0.0145. The van der Waals surface area contributed by atoms with Crippen molar-refractivity contribution in [1.82, 2.24) is 15.1 Å². The maximum Gasteiger partial charge on any atom is 0.0613 e. The van der Waals surface area contributed by atoms with E-state index in [4.69, 9.17) is 0 Å². The molecule has 0 spiro atoms. The number of rotatable bonds is 5. The molecule has 1 saturated carbocycles. The van der Waals surface area contributed by atoms with Crippen molar-refractivity contribution in [2.45, 2.75) is 51.2 Å². The Morgan fingerprint density at radius 2 is 2.19 bits per heavy atom. The van der Waals surface area contributed by atoms with Crippen molar-refractivity contribution < 1.29 is 5.11 Å². The lowest BCUT2D eigenvalue weighted by Gasteiger charge is -2.19. The van der Waals surface area contributed by atoms with E-state index in [-0.39, 0.29) is 18.2 Å². The van der Waals surface area contributed by atoms with Gasteiger partial charge in [0.15, 0.2) is 0 Å². The minimum atomic E-state index is -0.0145. The molecule has 1 aliphatic rings. The van der Waals surface area contributed by atoms with E-state index in [2.05, 4.69) is 37.4 Å². The van der Waals surface area contributed by atoms with Crippen LogP contribution >= 0.6 is 0 Å². The number of aliphatic hydroxyl groups is 1. The molecule has 0 radical (unpaired) electrons. The third kappa shape index (κ3) is 2.28. The van der Waals surface area contributed by atoms with E-state index in [0.717, 1.165) is 12.8 Å². The van der Waals surface area contributed by atoms with Gasteiger partial charge in [-0.25, -0.2) is 0 Å². The Labute approximate surface area is 96.7 Å². The van der Waals surface area contributed by atoms with Gasteiger partial charge in [-0.2, -0.15) is 5.10 Å². The predicted molar refractivity (Wildman–Crippen MR) is 63.2 cm³/mol. The Morgan fingerprint density at radius 3 is 2.62 bits per heavy atom. The first-order valence-electron chi connectivity index (χ1n) is 5.99. The van der Waals surface area contributed by atoms with Crippen LogP contribution in [0.15, 0.2) is 12.4 Å². The highest BCUT2D eigenvalue weighted by Gasteiger charge is 2.42. The predicted octanol–water partition coefficient (Wildman–Crippen LogP) is 1.64. The number of nitrogens with one attached hydrogen (secondary N) is 1. The molecule has 1 heterocycles. The topological polar surface area (TPSA) is 50.1 Å². The number of aromatic nitrogens is 2. The van der Waals surface area contributed by atoms with Crippen LogP contribution < -0.4 is 5.32 Å². The van der Waals surface area contributed by atoms with Crippen molar-refractivity contribution in [3.63, 3.8) is 0 Å². The molecule has 4 heteroatoms. The van der Waals surface area contributed by atoms with Crippen molar-refractivity contribution in [1.29, 1.82) is 0 Å². The second-order valence-corrected chi connectivity index (χ2v) is 5.15. The number of nitrogens with zero attached hydrogens (tertiary/aromatic N) is 2. The van der Waals surface area contributed by atoms with Gasteiger partial charge in [-0.05, 0) is 33.6 Å². The molecule has 4 nitrogen and oxygen atoms in total. The zero-order valence-electron chi connectivity index (χ0n) is 10.3. The van der Waals surface area contributed by atoms with Crippen LogP contribution in [0.4, 0.5) is 0 Å². The molecule has 0 saturated heterocycles. The van der Waals surface area contributed by atoms with Gasteiger partial charge in [0.1, 0.15) is 0 Å². The van der Waals surface area contributed by atoms with Gasteiger partial charge in [0.05, 0.1) is 12.8 Å². The van der Waals surface area contributed by atoms with Crippen LogP contribution in [0.2, 0.25) is 0 Å². The van der Waals surface area contributed by atoms with Gasteiger partial charge < -0.3 is 10.4 Å². The van der Waals surface area contributed by atoms with E-state index in [0.29, 0.717) is 6.04 Å². The molecule has 0 amide bonds. The maximum absolute atomic E-state index is 9.26. The molecule has 1 unspecified atom stereocenters. The quantitative estimate of drug-likeness (QED) is 0.798. The van der Waals surface area contributed by atoms with E-state index < -0.39 is 0 Å². The van der Waals surface area contributed by atoms with Gasteiger partial charge in [-0.15, -0.1) is 0 Å². The minimum Gasteiger partial charge on any atom is -0.394 e. The average Bonchev–Trinajstić information content (AvgIpc) is 2.83. The SMILES string of the molecule is CC(NC1(CO)CC1)c1cnn(C(C)C)c1. The molecular weight excluding hydrogens is 202 g/mol. The first kappa shape index (κ1) is 11.6. The molecule has 1 aliphatic carbocycles. The number of aliphatic hydroxyl groups excluding tert-OH is 1. The smallest absolute Gasteiger partial charge is 0.0613 e. The fourth-order valence-electron chi connectivity index (χ4n) is 1.90. The number of hydrogen-bond donors (Lipinski definition) is 2. The van der Waals surface area contributed by atoms with Crippen LogP contribution in [0.3, 0.4) is 0 Å². The molecule has 1 fully saturated rings. The van der Waals surface area contributed by atoms with Crippen LogP contribution in [0, 0.1) is 0 Å². The molecule has 16 heavy (non-hydrogen) atoms. The summed E-state index contributed by atoms with van der Waals surface area (Å²) in [5.41, 5.74) is 1.17. The molecule has 0 aliphatic heterocycles. The Kier molecular flexibility index (Phi) is 3.04. The molecule has 1 atom stereocenters. The third-order valence-electron chi connectivity index (χ3n) is 3.33. The normalized spacial score (nSPS) is 20.1. The summed E-state index contributed by atoms with van der Waals surface area (Å²) in [7, 11) is 0. The molecule has 0 bridgehead atoms. The second-order valence-electron chi connectivity index (χ2n) is 5.15. The van der Waals surface area contributed by atoms with Crippen LogP contribution in [0.5, 0.6) is 0 Å². The fraction of sp³-hybridized carbons (Fsp3) is 0.750.